The van der Waals surface area contributed by atoms with Gasteiger partial charge < -0.3 is 15.0 Å². The first-order valence-corrected chi connectivity index (χ1v) is 4.87. The van der Waals surface area contributed by atoms with Crippen molar-refractivity contribution in [3.8, 4) is 5.88 Å². The van der Waals surface area contributed by atoms with E-state index < -0.39 is 0 Å². The van der Waals surface area contributed by atoms with Crippen molar-refractivity contribution < 1.29 is 4.74 Å². The lowest BCUT2D eigenvalue weighted by molar-refractivity contribution is 0.356. The molecule has 2 N–H and O–H groups in total. The van der Waals surface area contributed by atoms with E-state index in [2.05, 4.69) is 23.8 Å². The van der Waals surface area contributed by atoms with E-state index in [1.54, 1.807) is 0 Å². The Bertz CT molecular complexity index is 272. The Kier molecular flexibility index (Phi) is 2.27. The van der Waals surface area contributed by atoms with E-state index in [4.69, 9.17) is 10.5 Å². The second-order valence-electron chi connectivity index (χ2n) is 3.60. The summed E-state index contributed by atoms with van der Waals surface area (Å²) < 4.78 is 7.57. The van der Waals surface area contributed by atoms with Crippen molar-refractivity contribution in [3.05, 3.63) is 17.8 Å². The molecule has 1 unspecified atom stereocenters. The van der Waals surface area contributed by atoms with Crippen molar-refractivity contribution in [2.75, 3.05) is 6.61 Å². The zero-order chi connectivity index (χ0) is 9.26. The third-order valence-corrected chi connectivity index (χ3v) is 2.52. The maximum Gasteiger partial charge on any atom is 0.193 e. The molecule has 0 amide bonds. The molecule has 1 aromatic rings. The van der Waals surface area contributed by atoms with Crippen molar-refractivity contribution in [2.24, 2.45) is 5.73 Å². The van der Waals surface area contributed by atoms with Crippen LogP contribution in [0.1, 0.15) is 18.9 Å². The lowest BCUT2D eigenvalue weighted by Crippen LogP contribution is -2.21. The fourth-order valence-corrected chi connectivity index (χ4v) is 1.65. The predicted octanol–water partition coefficient (Wildman–Crippen LogP) is 1.16. The van der Waals surface area contributed by atoms with Crippen LogP contribution in [0.2, 0.25) is 0 Å². The van der Waals surface area contributed by atoms with Gasteiger partial charge in [0.05, 0.1) is 6.54 Å². The molecular weight excluding hydrogens is 164 g/mol. The average Bonchev–Trinajstić information content (AvgIpc) is 2.63. The average molecular weight is 180 g/mol. The molecule has 1 aliphatic rings. The standard InChI is InChI=1S/C10H16N2O/c1-2-9(11)5-8-6-10-12(7-8)3-4-13-10/h6-7,9H,2-5,11H2,1H3. The smallest absolute Gasteiger partial charge is 0.193 e. The van der Waals surface area contributed by atoms with Crippen molar-refractivity contribution >= 4 is 0 Å². The molecule has 0 saturated heterocycles. The summed E-state index contributed by atoms with van der Waals surface area (Å²) in [7, 11) is 0. The first-order chi connectivity index (χ1) is 6.29. The highest BCUT2D eigenvalue weighted by Gasteiger charge is 2.13. The summed E-state index contributed by atoms with van der Waals surface area (Å²) in [5, 5.41) is 0. The summed E-state index contributed by atoms with van der Waals surface area (Å²) in [5.41, 5.74) is 7.17. The van der Waals surface area contributed by atoms with Crippen molar-refractivity contribution in [2.45, 2.75) is 32.4 Å². The summed E-state index contributed by atoms with van der Waals surface area (Å²) >= 11 is 0. The molecule has 1 aliphatic heterocycles. The van der Waals surface area contributed by atoms with Gasteiger partial charge in [0.1, 0.15) is 6.61 Å². The van der Waals surface area contributed by atoms with E-state index in [1.807, 2.05) is 0 Å². The number of nitrogens with zero attached hydrogens (tertiary/aromatic N) is 1. The van der Waals surface area contributed by atoms with Gasteiger partial charge in [0.15, 0.2) is 5.88 Å². The highest BCUT2D eigenvalue weighted by molar-refractivity contribution is 5.26. The minimum Gasteiger partial charge on any atom is -0.477 e. The Labute approximate surface area is 78.5 Å². The van der Waals surface area contributed by atoms with Gasteiger partial charge in [-0.25, -0.2) is 0 Å². The minimum atomic E-state index is 0.281. The Morgan fingerprint density at radius 1 is 1.69 bits per heavy atom. The number of ether oxygens (including phenoxy) is 1. The van der Waals surface area contributed by atoms with Crippen LogP contribution in [0.4, 0.5) is 0 Å². The quantitative estimate of drug-likeness (QED) is 0.758. The monoisotopic (exact) mass is 180 g/mol. The normalized spacial score (nSPS) is 16.8. The molecule has 2 heterocycles. The summed E-state index contributed by atoms with van der Waals surface area (Å²) in [5.74, 6) is 0.998. The van der Waals surface area contributed by atoms with Crippen molar-refractivity contribution in [1.29, 1.82) is 0 Å². The molecule has 0 fully saturated rings. The molecule has 1 atom stereocenters. The van der Waals surface area contributed by atoms with E-state index in [0.29, 0.717) is 0 Å². The molecule has 13 heavy (non-hydrogen) atoms. The Balaban J connectivity index is 2.06. The highest BCUT2D eigenvalue weighted by Crippen LogP contribution is 2.22. The summed E-state index contributed by atoms with van der Waals surface area (Å²) in [6, 6.07) is 2.38. The number of rotatable bonds is 3. The molecule has 1 aromatic heterocycles. The van der Waals surface area contributed by atoms with Crippen LogP contribution in [-0.2, 0) is 13.0 Å². The molecule has 72 valence electrons. The first kappa shape index (κ1) is 8.63. The first-order valence-electron chi connectivity index (χ1n) is 4.87. The Hall–Kier alpha value is -0.960. The number of hydrogen-bond donors (Lipinski definition) is 1. The maximum absolute atomic E-state index is 5.87. The predicted molar refractivity (Wildman–Crippen MR) is 51.9 cm³/mol. The van der Waals surface area contributed by atoms with Crippen LogP contribution in [0.5, 0.6) is 5.88 Å². The molecule has 0 spiro atoms. The van der Waals surface area contributed by atoms with Gasteiger partial charge in [0.2, 0.25) is 0 Å². The van der Waals surface area contributed by atoms with Gasteiger partial charge in [-0.1, -0.05) is 6.92 Å². The van der Waals surface area contributed by atoms with Crippen LogP contribution in [0, 0.1) is 0 Å². The second-order valence-corrected chi connectivity index (χ2v) is 3.60. The van der Waals surface area contributed by atoms with Crippen LogP contribution in [-0.4, -0.2) is 17.2 Å². The second kappa shape index (κ2) is 3.42. The lowest BCUT2D eigenvalue weighted by atomic mass is 10.1. The third-order valence-electron chi connectivity index (χ3n) is 2.52. The number of fused-ring (bicyclic) bond motifs is 1. The van der Waals surface area contributed by atoms with Crippen LogP contribution >= 0.6 is 0 Å². The molecule has 0 bridgehead atoms. The fraction of sp³-hybridized carbons (Fsp3) is 0.600. The third kappa shape index (κ3) is 1.70. The minimum absolute atomic E-state index is 0.281. The molecular formula is C10H16N2O. The van der Waals surface area contributed by atoms with E-state index in [9.17, 15) is 0 Å². The summed E-state index contributed by atoms with van der Waals surface area (Å²) in [6.07, 6.45) is 4.14. The van der Waals surface area contributed by atoms with Gasteiger partial charge in [0, 0.05) is 18.3 Å². The number of hydrogen-bond acceptors (Lipinski definition) is 2. The van der Waals surface area contributed by atoms with Crippen molar-refractivity contribution in [3.63, 3.8) is 0 Å². The highest BCUT2D eigenvalue weighted by atomic mass is 16.5. The zero-order valence-corrected chi connectivity index (χ0v) is 7.99. The molecule has 3 nitrogen and oxygen atoms in total. The van der Waals surface area contributed by atoms with Crippen molar-refractivity contribution in [1.82, 2.24) is 4.57 Å². The SMILES string of the molecule is CCC(N)Cc1cc2n(c1)CCO2. The molecule has 0 aliphatic carbocycles. The van der Waals surface area contributed by atoms with Gasteiger partial charge in [-0.15, -0.1) is 0 Å². The van der Waals surface area contributed by atoms with Crippen LogP contribution in [0.15, 0.2) is 12.3 Å². The molecule has 3 heteroatoms. The van der Waals surface area contributed by atoms with Gasteiger partial charge in [-0.3, -0.25) is 0 Å². The lowest BCUT2D eigenvalue weighted by Gasteiger charge is -2.05. The maximum atomic E-state index is 5.87. The van der Waals surface area contributed by atoms with E-state index >= 15 is 0 Å². The largest absolute Gasteiger partial charge is 0.477 e. The molecule has 0 saturated carbocycles. The van der Waals surface area contributed by atoms with E-state index in [0.717, 1.165) is 31.9 Å². The van der Waals surface area contributed by atoms with Crippen LogP contribution < -0.4 is 10.5 Å². The zero-order valence-electron chi connectivity index (χ0n) is 7.99. The van der Waals surface area contributed by atoms with Crippen LogP contribution in [0.25, 0.3) is 0 Å². The molecule has 0 aromatic carbocycles. The summed E-state index contributed by atoms with van der Waals surface area (Å²) in [6.45, 7) is 3.91. The molecule has 0 radical (unpaired) electrons. The number of nitrogens with two attached hydrogens (primary N) is 1. The summed E-state index contributed by atoms with van der Waals surface area (Å²) in [4.78, 5) is 0. The van der Waals surface area contributed by atoms with E-state index in [1.165, 1.54) is 5.56 Å². The number of aromatic nitrogens is 1. The van der Waals surface area contributed by atoms with Gasteiger partial charge >= 0.3 is 0 Å². The van der Waals surface area contributed by atoms with Crippen LogP contribution in [0.3, 0.4) is 0 Å². The Morgan fingerprint density at radius 3 is 3.23 bits per heavy atom. The topological polar surface area (TPSA) is 40.2 Å². The molecule has 2 rings (SSSR count). The van der Waals surface area contributed by atoms with Gasteiger partial charge in [-0.05, 0) is 18.4 Å². The Morgan fingerprint density at radius 2 is 2.54 bits per heavy atom. The van der Waals surface area contributed by atoms with E-state index in [-0.39, 0.29) is 6.04 Å². The fourth-order valence-electron chi connectivity index (χ4n) is 1.65. The van der Waals surface area contributed by atoms with Gasteiger partial charge in [0.25, 0.3) is 0 Å². The van der Waals surface area contributed by atoms with Gasteiger partial charge in [-0.2, -0.15) is 0 Å².